The molecular formula is C13H17FO3. The fourth-order valence-corrected chi connectivity index (χ4v) is 1.84. The number of halogens is 1. The van der Waals surface area contributed by atoms with Gasteiger partial charge in [0.25, 0.3) is 0 Å². The number of benzene rings is 1. The Labute approximate surface area is 100 Å². The first-order valence-electron chi connectivity index (χ1n) is 5.51. The molecule has 0 aliphatic carbocycles. The monoisotopic (exact) mass is 240 g/mol. The molecule has 0 saturated heterocycles. The molecule has 1 rings (SSSR count). The first kappa shape index (κ1) is 13.5. The van der Waals surface area contributed by atoms with E-state index >= 15 is 0 Å². The Morgan fingerprint density at radius 3 is 2.53 bits per heavy atom. The summed E-state index contributed by atoms with van der Waals surface area (Å²) in [6.45, 7) is 3.85. The topological polar surface area (TPSA) is 46.5 Å². The van der Waals surface area contributed by atoms with E-state index in [1.54, 1.807) is 6.07 Å². The predicted molar refractivity (Wildman–Crippen MR) is 62.8 cm³/mol. The van der Waals surface area contributed by atoms with Gasteiger partial charge in [-0.1, -0.05) is 19.9 Å². The first-order valence-corrected chi connectivity index (χ1v) is 5.51. The molecule has 1 atom stereocenters. The molecule has 4 heteroatoms. The molecule has 17 heavy (non-hydrogen) atoms. The molecule has 1 aromatic carbocycles. The van der Waals surface area contributed by atoms with Crippen LogP contribution < -0.4 is 4.74 Å². The van der Waals surface area contributed by atoms with Crippen molar-refractivity contribution in [1.82, 2.24) is 0 Å². The number of carboxylic acid groups (broad SMARTS) is 1. The van der Waals surface area contributed by atoms with Crippen LogP contribution in [0.5, 0.6) is 5.75 Å². The Balaban J connectivity index is 3.02. The second-order valence-electron chi connectivity index (χ2n) is 4.34. The van der Waals surface area contributed by atoms with Gasteiger partial charge in [0.1, 0.15) is 0 Å². The molecule has 1 unspecified atom stereocenters. The van der Waals surface area contributed by atoms with E-state index in [1.807, 2.05) is 13.8 Å². The van der Waals surface area contributed by atoms with E-state index in [0.717, 1.165) is 0 Å². The van der Waals surface area contributed by atoms with Crippen LogP contribution in [0.1, 0.15) is 31.7 Å². The fourth-order valence-electron chi connectivity index (χ4n) is 1.84. The summed E-state index contributed by atoms with van der Waals surface area (Å²) < 4.78 is 18.4. The average molecular weight is 240 g/mol. The maximum absolute atomic E-state index is 13.5. The van der Waals surface area contributed by atoms with Gasteiger partial charge in [-0.2, -0.15) is 0 Å². The molecule has 3 nitrogen and oxygen atoms in total. The molecule has 0 aromatic heterocycles. The van der Waals surface area contributed by atoms with Crippen LogP contribution in [0.3, 0.4) is 0 Å². The number of rotatable bonds is 5. The van der Waals surface area contributed by atoms with Crippen molar-refractivity contribution in [2.75, 3.05) is 7.11 Å². The van der Waals surface area contributed by atoms with E-state index in [0.29, 0.717) is 5.56 Å². The number of hydrogen-bond donors (Lipinski definition) is 1. The van der Waals surface area contributed by atoms with Crippen molar-refractivity contribution in [1.29, 1.82) is 0 Å². The summed E-state index contributed by atoms with van der Waals surface area (Å²) in [4.78, 5) is 10.8. The SMILES string of the molecule is COc1ccc(C(CC(=O)O)C(C)C)cc1F. The standard InChI is InChI=1S/C13H17FO3/c1-8(2)10(7-13(15)16)9-4-5-12(17-3)11(14)6-9/h4-6,8,10H,7H2,1-3H3,(H,15,16). The lowest BCUT2D eigenvalue weighted by molar-refractivity contribution is -0.137. The van der Waals surface area contributed by atoms with Crippen molar-refractivity contribution in [2.45, 2.75) is 26.2 Å². The number of aliphatic carboxylic acids is 1. The molecule has 0 spiro atoms. The van der Waals surface area contributed by atoms with Crippen LogP contribution >= 0.6 is 0 Å². The minimum atomic E-state index is -0.875. The van der Waals surface area contributed by atoms with Gasteiger partial charge in [0, 0.05) is 0 Å². The maximum atomic E-state index is 13.5. The molecule has 0 saturated carbocycles. The highest BCUT2D eigenvalue weighted by Crippen LogP contribution is 2.30. The molecule has 1 N–H and O–H groups in total. The highest BCUT2D eigenvalue weighted by Gasteiger charge is 2.20. The normalized spacial score (nSPS) is 12.5. The number of hydrogen-bond acceptors (Lipinski definition) is 2. The predicted octanol–water partition coefficient (Wildman–Crippen LogP) is 3.05. The van der Waals surface area contributed by atoms with Gasteiger partial charge in [-0.15, -0.1) is 0 Å². The minimum Gasteiger partial charge on any atom is -0.494 e. The first-order chi connectivity index (χ1) is 7.95. The highest BCUT2D eigenvalue weighted by molar-refractivity contribution is 5.68. The summed E-state index contributed by atoms with van der Waals surface area (Å²) in [6.07, 6.45) is 0.00341. The Kier molecular flexibility index (Phi) is 4.49. The van der Waals surface area contributed by atoms with Crippen LogP contribution in [0.25, 0.3) is 0 Å². The van der Waals surface area contributed by atoms with Gasteiger partial charge in [-0.25, -0.2) is 4.39 Å². The molecule has 0 aliphatic rings. The lowest BCUT2D eigenvalue weighted by Gasteiger charge is -2.19. The molecule has 1 aromatic rings. The minimum absolute atomic E-state index is 0.00341. The molecule has 0 aliphatic heterocycles. The quantitative estimate of drug-likeness (QED) is 0.860. The van der Waals surface area contributed by atoms with Crippen molar-refractivity contribution < 1.29 is 19.0 Å². The van der Waals surface area contributed by atoms with Gasteiger partial charge in [0.2, 0.25) is 0 Å². The van der Waals surface area contributed by atoms with Gasteiger partial charge in [-0.3, -0.25) is 4.79 Å². The van der Waals surface area contributed by atoms with Gasteiger partial charge in [0.15, 0.2) is 11.6 Å². The zero-order valence-electron chi connectivity index (χ0n) is 10.2. The molecule has 0 heterocycles. The number of carbonyl (C=O) groups is 1. The van der Waals surface area contributed by atoms with Crippen LogP contribution in [0.2, 0.25) is 0 Å². The second-order valence-corrected chi connectivity index (χ2v) is 4.34. The van der Waals surface area contributed by atoms with Crippen LogP contribution in [-0.4, -0.2) is 18.2 Å². The van der Waals surface area contributed by atoms with Gasteiger partial charge in [-0.05, 0) is 29.5 Å². The summed E-state index contributed by atoms with van der Waals surface area (Å²) >= 11 is 0. The van der Waals surface area contributed by atoms with Gasteiger partial charge < -0.3 is 9.84 Å². The van der Waals surface area contributed by atoms with E-state index < -0.39 is 11.8 Å². The Bertz CT molecular complexity index is 402. The third-order valence-electron chi connectivity index (χ3n) is 2.80. The lowest BCUT2D eigenvalue weighted by Crippen LogP contribution is -2.12. The molecule has 94 valence electrons. The number of ether oxygens (including phenoxy) is 1. The molecular weight excluding hydrogens is 223 g/mol. The fraction of sp³-hybridized carbons (Fsp3) is 0.462. The smallest absolute Gasteiger partial charge is 0.303 e. The zero-order valence-corrected chi connectivity index (χ0v) is 10.2. The van der Waals surface area contributed by atoms with E-state index in [1.165, 1.54) is 19.2 Å². The van der Waals surface area contributed by atoms with Crippen molar-refractivity contribution in [2.24, 2.45) is 5.92 Å². The summed E-state index contributed by atoms with van der Waals surface area (Å²) in [5.41, 5.74) is 0.695. The molecule has 0 fully saturated rings. The Hall–Kier alpha value is -1.58. The second kappa shape index (κ2) is 5.66. The average Bonchev–Trinajstić information content (AvgIpc) is 2.25. The Morgan fingerprint density at radius 2 is 2.12 bits per heavy atom. The van der Waals surface area contributed by atoms with Crippen molar-refractivity contribution in [3.63, 3.8) is 0 Å². The summed E-state index contributed by atoms with van der Waals surface area (Å²) in [6, 6.07) is 4.60. The molecule has 0 bridgehead atoms. The molecule has 0 amide bonds. The third-order valence-corrected chi connectivity index (χ3v) is 2.80. The lowest BCUT2D eigenvalue weighted by atomic mass is 9.86. The van der Waals surface area contributed by atoms with E-state index in [2.05, 4.69) is 0 Å². The summed E-state index contributed by atoms with van der Waals surface area (Å²) in [7, 11) is 1.40. The maximum Gasteiger partial charge on any atom is 0.303 e. The van der Waals surface area contributed by atoms with Crippen molar-refractivity contribution >= 4 is 5.97 Å². The Morgan fingerprint density at radius 1 is 1.47 bits per heavy atom. The largest absolute Gasteiger partial charge is 0.494 e. The summed E-state index contributed by atoms with van der Waals surface area (Å²) in [5, 5.41) is 8.85. The third kappa shape index (κ3) is 3.44. The van der Waals surface area contributed by atoms with Crippen LogP contribution in [0, 0.1) is 11.7 Å². The van der Waals surface area contributed by atoms with Gasteiger partial charge >= 0.3 is 5.97 Å². The van der Waals surface area contributed by atoms with Crippen molar-refractivity contribution in [3.05, 3.63) is 29.6 Å². The highest BCUT2D eigenvalue weighted by atomic mass is 19.1. The summed E-state index contributed by atoms with van der Waals surface area (Å²) in [5.74, 6) is -1.21. The number of methoxy groups -OCH3 is 1. The van der Waals surface area contributed by atoms with Crippen LogP contribution in [0.15, 0.2) is 18.2 Å². The van der Waals surface area contributed by atoms with E-state index in [9.17, 15) is 9.18 Å². The van der Waals surface area contributed by atoms with E-state index in [4.69, 9.17) is 9.84 Å². The number of carboxylic acids is 1. The van der Waals surface area contributed by atoms with Crippen LogP contribution in [0.4, 0.5) is 4.39 Å². The van der Waals surface area contributed by atoms with E-state index in [-0.39, 0.29) is 24.0 Å². The van der Waals surface area contributed by atoms with Crippen LogP contribution in [-0.2, 0) is 4.79 Å². The molecule has 0 radical (unpaired) electrons. The zero-order chi connectivity index (χ0) is 13.0. The van der Waals surface area contributed by atoms with Gasteiger partial charge in [0.05, 0.1) is 13.5 Å². The van der Waals surface area contributed by atoms with Crippen molar-refractivity contribution in [3.8, 4) is 5.75 Å².